The molecular weight excluding hydrogens is 546 g/mol. The molecule has 0 aliphatic carbocycles. The molecule has 42 heavy (non-hydrogen) atoms. The molecule has 0 aliphatic heterocycles. The Morgan fingerprint density at radius 1 is 0.857 bits per heavy atom. The van der Waals surface area contributed by atoms with Gasteiger partial charge in [0.2, 0.25) is 11.8 Å². The van der Waals surface area contributed by atoms with E-state index >= 15 is 0 Å². The average Bonchev–Trinajstić information content (AvgIpc) is 2.95. The van der Waals surface area contributed by atoms with Gasteiger partial charge in [-0.15, -0.1) is 0 Å². The second kappa shape index (κ2) is 14.5. The lowest BCUT2D eigenvalue weighted by Crippen LogP contribution is -2.52. The Labute approximate surface area is 252 Å². The number of nitrogens with zero attached hydrogens (tertiary/aromatic N) is 2. The van der Waals surface area contributed by atoms with Gasteiger partial charge < -0.3 is 10.2 Å². The summed E-state index contributed by atoms with van der Waals surface area (Å²) in [5.74, 6) is -0.186. The van der Waals surface area contributed by atoms with E-state index in [2.05, 4.69) is 19.2 Å². The van der Waals surface area contributed by atoms with Gasteiger partial charge in [0.1, 0.15) is 12.6 Å². The first-order valence-electron chi connectivity index (χ1n) is 14.7. The van der Waals surface area contributed by atoms with Crippen LogP contribution in [0.3, 0.4) is 0 Å². The lowest BCUT2D eigenvalue weighted by molar-refractivity contribution is -0.140. The van der Waals surface area contributed by atoms with Crippen molar-refractivity contribution in [2.24, 2.45) is 5.92 Å². The first kappa shape index (κ1) is 32.9. The number of benzene rings is 3. The molecule has 0 heterocycles. The summed E-state index contributed by atoms with van der Waals surface area (Å²) < 4.78 is 29.3. The third-order valence-electron chi connectivity index (χ3n) is 7.41. The fraction of sp³-hybridized carbons (Fsp3) is 0.412. The van der Waals surface area contributed by atoms with Crippen LogP contribution >= 0.6 is 0 Å². The zero-order valence-corrected chi connectivity index (χ0v) is 26.7. The highest BCUT2D eigenvalue weighted by Gasteiger charge is 2.34. The van der Waals surface area contributed by atoms with Crippen LogP contribution in [0.1, 0.15) is 69.2 Å². The Morgan fingerprint density at radius 2 is 1.48 bits per heavy atom. The van der Waals surface area contributed by atoms with Crippen molar-refractivity contribution < 1.29 is 18.0 Å². The largest absolute Gasteiger partial charge is 0.354 e. The molecule has 7 nitrogen and oxygen atoms in total. The van der Waals surface area contributed by atoms with Crippen LogP contribution in [0.15, 0.2) is 77.7 Å². The zero-order chi connectivity index (χ0) is 31.0. The van der Waals surface area contributed by atoms with Gasteiger partial charge in [0.05, 0.1) is 10.6 Å². The minimum atomic E-state index is -4.10. The highest BCUT2D eigenvalue weighted by molar-refractivity contribution is 7.92. The monoisotopic (exact) mass is 591 g/mol. The molecule has 0 radical (unpaired) electrons. The molecule has 8 heteroatoms. The van der Waals surface area contributed by atoms with Crippen LogP contribution in [0.5, 0.6) is 0 Å². The van der Waals surface area contributed by atoms with Gasteiger partial charge in [-0.1, -0.05) is 88.7 Å². The molecule has 0 aliphatic rings. The molecule has 0 spiro atoms. The summed E-state index contributed by atoms with van der Waals surface area (Å²) in [5.41, 5.74) is 4.27. The van der Waals surface area contributed by atoms with Gasteiger partial charge in [0.15, 0.2) is 0 Å². The topological polar surface area (TPSA) is 86.8 Å². The molecular formula is C34H45N3O4S. The number of nitrogens with one attached hydrogen (secondary N) is 1. The van der Waals surface area contributed by atoms with E-state index in [9.17, 15) is 18.0 Å². The molecule has 226 valence electrons. The van der Waals surface area contributed by atoms with Crippen molar-refractivity contribution in [2.45, 2.75) is 78.3 Å². The predicted molar refractivity (Wildman–Crippen MR) is 170 cm³/mol. The summed E-state index contributed by atoms with van der Waals surface area (Å²) in [6, 6.07) is 20.8. The SMILES string of the molecule is CCC(C(=O)NCC(C)C)N(Cc1ccccc1C)C(=O)CN(c1ccc(C(C)C)cc1)S(=O)(=O)c1ccc(C)cc1. The number of hydrogen-bond donors (Lipinski definition) is 1. The maximum Gasteiger partial charge on any atom is 0.264 e. The highest BCUT2D eigenvalue weighted by Crippen LogP contribution is 2.27. The van der Waals surface area contributed by atoms with E-state index in [1.54, 1.807) is 36.4 Å². The normalized spacial score (nSPS) is 12.3. The number of aryl methyl sites for hydroxylation is 2. The third kappa shape index (κ3) is 8.22. The van der Waals surface area contributed by atoms with Crippen LogP contribution in [-0.4, -0.2) is 44.3 Å². The molecule has 1 N–H and O–H groups in total. The van der Waals surface area contributed by atoms with E-state index in [-0.39, 0.29) is 29.2 Å². The molecule has 3 aromatic rings. The number of rotatable bonds is 13. The van der Waals surface area contributed by atoms with Crippen LogP contribution in [0.4, 0.5) is 5.69 Å². The van der Waals surface area contributed by atoms with Crippen molar-refractivity contribution in [3.8, 4) is 0 Å². The quantitative estimate of drug-likeness (QED) is 0.256. The van der Waals surface area contributed by atoms with Crippen LogP contribution in [0.2, 0.25) is 0 Å². The minimum Gasteiger partial charge on any atom is -0.354 e. The van der Waals surface area contributed by atoms with E-state index in [0.29, 0.717) is 18.7 Å². The van der Waals surface area contributed by atoms with Crippen LogP contribution < -0.4 is 9.62 Å². The van der Waals surface area contributed by atoms with Crippen LogP contribution in [-0.2, 0) is 26.2 Å². The standard InChI is InChI=1S/C34H45N3O4S/c1-8-32(34(39)35-21-24(2)3)36(22-29-12-10-9-11-27(29)7)33(38)23-37(30-17-15-28(16-18-30)25(4)5)42(40,41)31-19-13-26(6)14-20-31/h9-20,24-25,32H,8,21-23H2,1-7H3,(H,35,39). The number of amides is 2. The molecule has 0 aromatic heterocycles. The molecule has 1 atom stereocenters. The first-order valence-corrected chi connectivity index (χ1v) is 16.1. The van der Waals surface area contributed by atoms with Gasteiger partial charge in [-0.2, -0.15) is 0 Å². The van der Waals surface area contributed by atoms with E-state index < -0.39 is 28.5 Å². The second-order valence-corrected chi connectivity index (χ2v) is 13.4. The Hall–Kier alpha value is -3.65. The molecule has 0 bridgehead atoms. The van der Waals surface area contributed by atoms with Gasteiger partial charge >= 0.3 is 0 Å². The summed E-state index contributed by atoms with van der Waals surface area (Å²) in [7, 11) is -4.10. The highest BCUT2D eigenvalue weighted by atomic mass is 32.2. The van der Waals surface area contributed by atoms with Gasteiger partial charge in [0, 0.05) is 13.1 Å². The zero-order valence-electron chi connectivity index (χ0n) is 25.9. The maximum atomic E-state index is 14.2. The first-order chi connectivity index (χ1) is 19.8. The molecule has 0 saturated carbocycles. The summed E-state index contributed by atoms with van der Waals surface area (Å²) >= 11 is 0. The van der Waals surface area contributed by atoms with E-state index in [4.69, 9.17) is 0 Å². The number of sulfonamides is 1. The van der Waals surface area contributed by atoms with Crippen molar-refractivity contribution in [1.82, 2.24) is 10.2 Å². The smallest absolute Gasteiger partial charge is 0.264 e. The average molecular weight is 592 g/mol. The fourth-order valence-electron chi connectivity index (χ4n) is 4.70. The van der Waals surface area contributed by atoms with E-state index in [1.165, 1.54) is 4.90 Å². The molecule has 3 rings (SSSR count). The van der Waals surface area contributed by atoms with Crippen molar-refractivity contribution in [3.05, 3.63) is 95.1 Å². The fourth-order valence-corrected chi connectivity index (χ4v) is 6.12. The van der Waals surface area contributed by atoms with Gasteiger partial charge in [-0.25, -0.2) is 8.42 Å². The van der Waals surface area contributed by atoms with Gasteiger partial charge in [-0.3, -0.25) is 13.9 Å². The Bertz CT molecular complexity index is 1450. The second-order valence-electron chi connectivity index (χ2n) is 11.6. The summed E-state index contributed by atoms with van der Waals surface area (Å²) in [6.45, 7) is 14.1. The summed E-state index contributed by atoms with van der Waals surface area (Å²) in [5, 5.41) is 2.97. The number of anilines is 1. The lowest BCUT2D eigenvalue weighted by atomic mass is 10.0. The van der Waals surface area contributed by atoms with E-state index in [0.717, 1.165) is 26.6 Å². The molecule has 0 fully saturated rings. The van der Waals surface area contributed by atoms with Gasteiger partial charge in [-0.05, 0) is 73.1 Å². The number of carbonyl (C=O) groups is 2. The summed E-state index contributed by atoms with van der Waals surface area (Å²) in [6.07, 6.45) is 0.384. The number of hydrogen-bond acceptors (Lipinski definition) is 4. The molecule has 1 unspecified atom stereocenters. The van der Waals surface area contributed by atoms with E-state index in [1.807, 2.05) is 71.0 Å². The lowest BCUT2D eigenvalue weighted by Gasteiger charge is -2.33. The summed E-state index contributed by atoms with van der Waals surface area (Å²) in [4.78, 5) is 29.2. The molecule has 0 saturated heterocycles. The Balaban J connectivity index is 2.07. The van der Waals surface area contributed by atoms with Crippen molar-refractivity contribution in [2.75, 3.05) is 17.4 Å². The predicted octanol–water partition coefficient (Wildman–Crippen LogP) is 6.20. The van der Waals surface area contributed by atoms with Crippen molar-refractivity contribution in [1.29, 1.82) is 0 Å². The van der Waals surface area contributed by atoms with Crippen molar-refractivity contribution in [3.63, 3.8) is 0 Å². The molecule has 2 amide bonds. The Kier molecular flexibility index (Phi) is 11.3. The van der Waals surface area contributed by atoms with Crippen molar-refractivity contribution >= 4 is 27.5 Å². The Morgan fingerprint density at radius 3 is 2.02 bits per heavy atom. The van der Waals surface area contributed by atoms with Gasteiger partial charge in [0.25, 0.3) is 10.0 Å². The minimum absolute atomic E-state index is 0.0982. The molecule has 3 aromatic carbocycles. The maximum absolute atomic E-state index is 14.2. The van der Waals surface area contributed by atoms with Crippen LogP contribution in [0, 0.1) is 19.8 Å². The number of carbonyl (C=O) groups excluding carboxylic acids is 2. The third-order valence-corrected chi connectivity index (χ3v) is 9.20. The van der Waals surface area contributed by atoms with Crippen LogP contribution in [0.25, 0.3) is 0 Å².